The van der Waals surface area contributed by atoms with E-state index >= 15 is 0 Å². The van der Waals surface area contributed by atoms with Crippen LogP contribution in [0.25, 0.3) is 0 Å². The van der Waals surface area contributed by atoms with Gasteiger partial charge in [0.25, 0.3) is 0 Å². The molecule has 0 amide bonds. The third-order valence-electron chi connectivity index (χ3n) is 3.45. The van der Waals surface area contributed by atoms with Gasteiger partial charge in [0.15, 0.2) is 0 Å². The van der Waals surface area contributed by atoms with Crippen LogP contribution in [0.3, 0.4) is 0 Å². The van der Waals surface area contributed by atoms with Crippen LogP contribution in [-0.2, 0) is 0 Å². The van der Waals surface area contributed by atoms with Crippen LogP contribution in [-0.4, -0.2) is 18.0 Å². The normalized spacial score (nSPS) is 19.2. The number of para-hydroxylation sites is 1. The molecule has 2 aromatic carbocycles. The average molecular weight is 269 g/mol. The first-order chi connectivity index (χ1) is 9.81. The maximum Gasteiger partial charge on any atom is 0.129 e. The fourth-order valence-electron chi connectivity index (χ4n) is 2.39. The molecule has 0 bridgehead atoms. The molecule has 0 radical (unpaired) electrons. The van der Waals surface area contributed by atoms with E-state index in [1.54, 1.807) is 7.11 Å². The molecule has 20 heavy (non-hydrogen) atoms. The monoisotopic (exact) mass is 269 g/mol. The van der Waals surface area contributed by atoms with Crippen LogP contribution in [0.5, 0.6) is 11.5 Å². The van der Waals surface area contributed by atoms with Crippen LogP contribution >= 0.6 is 0 Å². The highest BCUT2D eigenvalue weighted by atomic mass is 16.5. The summed E-state index contributed by atoms with van der Waals surface area (Å²) in [6.07, 6.45) is 0.390. The second-order valence-electron chi connectivity index (χ2n) is 4.63. The fourth-order valence-corrected chi connectivity index (χ4v) is 2.39. The zero-order valence-electron chi connectivity index (χ0n) is 11.1. The van der Waals surface area contributed by atoms with Crippen LogP contribution in [0.15, 0.2) is 53.7 Å². The molecule has 1 unspecified atom stereocenters. The minimum absolute atomic E-state index is 0.151. The number of methoxy groups -OCH3 is 1. The van der Waals surface area contributed by atoms with Gasteiger partial charge in [-0.1, -0.05) is 29.4 Å². The molecule has 1 atom stereocenters. The summed E-state index contributed by atoms with van der Waals surface area (Å²) in [4.78, 5) is 0. The van der Waals surface area contributed by atoms with Crippen LogP contribution in [0, 0.1) is 0 Å². The number of fused-ring (bicyclic) bond motifs is 1. The topological polar surface area (TPSA) is 51.0 Å². The lowest BCUT2D eigenvalue weighted by Gasteiger charge is -2.26. The number of hydrogen-bond donors (Lipinski definition) is 1. The zero-order valence-corrected chi connectivity index (χ0v) is 11.1. The van der Waals surface area contributed by atoms with Crippen molar-refractivity contribution in [3.8, 4) is 11.5 Å². The van der Waals surface area contributed by atoms with E-state index in [9.17, 15) is 5.21 Å². The smallest absolute Gasteiger partial charge is 0.129 e. The summed E-state index contributed by atoms with van der Waals surface area (Å²) in [6.45, 7) is 0. The molecule has 102 valence electrons. The lowest BCUT2D eigenvalue weighted by Crippen LogP contribution is -2.20. The molecule has 2 aromatic rings. The van der Waals surface area contributed by atoms with E-state index in [2.05, 4.69) is 5.16 Å². The van der Waals surface area contributed by atoms with Gasteiger partial charge in [-0.05, 0) is 29.8 Å². The van der Waals surface area contributed by atoms with Gasteiger partial charge in [-0.15, -0.1) is 0 Å². The van der Waals surface area contributed by atoms with Crippen molar-refractivity contribution in [3.63, 3.8) is 0 Å². The lowest BCUT2D eigenvalue weighted by atomic mass is 9.95. The number of benzene rings is 2. The predicted octanol–water partition coefficient (Wildman–Crippen LogP) is 3.40. The third kappa shape index (κ3) is 2.20. The van der Waals surface area contributed by atoms with Gasteiger partial charge in [-0.25, -0.2) is 0 Å². The van der Waals surface area contributed by atoms with E-state index in [-0.39, 0.29) is 6.10 Å². The summed E-state index contributed by atoms with van der Waals surface area (Å²) >= 11 is 0. The molecular formula is C16H15NO3. The molecule has 1 N–H and O–H groups in total. The molecule has 0 saturated carbocycles. The van der Waals surface area contributed by atoms with Crippen molar-refractivity contribution in [1.29, 1.82) is 0 Å². The molecule has 1 aliphatic heterocycles. The van der Waals surface area contributed by atoms with Gasteiger partial charge in [0.05, 0.1) is 12.8 Å². The highest BCUT2D eigenvalue weighted by Crippen LogP contribution is 2.35. The van der Waals surface area contributed by atoms with E-state index in [1.807, 2.05) is 48.5 Å². The maximum atomic E-state index is 9.20. The maximum absolute atomic E-state index is 9.20. The van der Waals surface area contributed by atoms with E-state index in [0.717, 1.165) is 22.6 Å². The molecule has 1 aliphatic rings. The highest BCUT2D eigenvalue weighted by Gasteiger charge is 2.26. The van der Waals surface area contributed by atoms with E-state index in [4.69, 9.17) is 9.47 Å². The molecule has 0 saturated heterocycles. The van der Waals surface area contributed by atoms with Crippen molar-refractivity contribution in [2.75, 3.05) is 7.11 Å². The Kier molecular flexibility index (Phi) is 3.29. The highest BCUT2D eigenvalue weighted by molar-refractivity contribution is 6.03. The van der Waals surface area contributed by atoms with Crippen LogP contribution in [0.1, 0.15) is 23.7 Å². The number of hydrogen-bond acceptors (Lipinski definition) is 4. The second-order valence-corrected chi connectivity index (χ2v) is 4.63. The van der Waals surface area contributed by atoms with Crippen molar-refractivity contribution < 1.29 is 14.7 Å². The van der Waals surface area contributed by atoms with Crippen molar-refractivity contribution in [1.82, 2.24) is 0 Å². The van der Waals surface area contributed by atoms with Crippen molar-refractivity contribution >= 4 is 5.71 Å². The Labute approximate surface area is 117 Å². The van der Waals surface area contributed by atoms with Gasteiger partial charge < -0.3 is 14.7 Å². The standard InChI is InChI=1S/C16H15NO3/c1-19-12-8-6-11(7-9-12)16-10-14(17-18)13-4-2-3-5-15(13)20-16/h2-9,16,18H,10H2,1H3/b17-14+. The molecule has 0 aliphatic carbocycles. The summed E-state index contributed by atoms with van der Waals surface area (Å²) in [5.41, 5.74) is 2.52. The van der Waals surface area contributed by atoms with Gasteiger partial charge in [0.2, 0.25) is 0 Å². The Morgan fingerprint density at radius 3 is 2.60 bits per heavy atom. The first-order valence-electron chi connectivity index (χ1n) is 6.42. The summed E-state index contributed by atoms with van der Waals surface area (Å²) in [7, 11) is 1.64. The average Bonchev–Trinajstić information content (AvgIpc) is 2.54. The van der Waals surface area contributed by atoms with Crippen LogP contribution < -0.4 is 9.47 Å². The quantitative estimate of drug-likeness (QED) is 0.671. The Hall–Kier alpha value is -2.49. The van der Waals surface area contributed by atoms with Gasteiger partial charge in [0.1, 0.15) is 17.6 Å². The van der Waals surface area contributed by atoms with Gasteiger partial charge >= 0.3 is 0 Å². The molecule has 4 nitrogen and oxygen atoms in total. The van der Waals surface area contributed by atoms with Crippen molar-refractivity contribution in [2.24, 2.45) is 5.16 Å². The lowest BCUT2D eigenvalue weighted by molar-refractivity contribution is 0.203. The van der Waals surface area contributed by atoms with E-state index in [0.29, 0.717) is 12.1 Å². The molecule has 0 aromatic heterocycles. The van der Waals surface area contributed by atoms with Gasteiger partial charge in [0, 0.05) is 12.0 Å². The molecule has 0 fully saturated rings. The number of rotatable bonds is 2. The molecular weight excluding hydrogens is 254 g/mol. The molecule has 4 heteroatoms. The third-order valence-corrected chi connectivity index (χ3v) is 3.45. The van der Waals surface area contributed by atoms with Crippen LogP contribution in [0.4, 0.5) is 0 Å². The predicted molar refractivity (Wildman–Crippen MR) is 75.7 cm³/mol. The molecule has 3 rings (SSSR count). The zero-order chi connectivity index (χ0) is 13.9. The van der Waals surface area contributed by atoms with Crippen LogP contribution in [0.2, 0.25) is 0 Å². The van der Waals surface area contributed by atoms with Crippen molar-refractivity contribution in [2.45, 2.75) is 12.5 Å². The first kappa shape index (κ1) is 12.5. The molecule has 1 heterocycles. The van der Waals surface area contributed by atoms with E-state index in [1.165, 1.54) is 0 Å². The summed E-state index contributed by atoms with van der Waals surface area (Å²) in [5.74, 6) is 1.55. The van der Waals surface area contributed by atoms with Gasteiger partial charge in [-0.3, -0.25) is 0 Å². The minimum Gasteiger partial charge on any atom is -0.497 e. The van der Waals surface area contributed by atoms with E-state index < -0.39 is 0 Å². The SMILES string of the molecule is COc1ccc(C2C/C(=N\O)c3ccccc3O2)cc1. The molecule has 0 spiro atoms. The Morgan fingerprint density at radius 1 is 1.15 bits per heavy atom. The number of oxime groups is 1. The first-order valence-corrected chi connectivity index (χ1v) is 6.42. The Morgan fingerprint density at radius 2 is 1.90 bits per heavy atom. The van der Waals surface area contributed by atoms with Crippen molar-refractivity contribution in [3.05, 3.63) is 59.7 Å². The minimum atomic E-state index is -0.151. The Bertz CT molecular complexity index is 634. The number of ether oxygens (including phenoxy) is 2. The largest absolute Gasteiger partial charge is 0.497 e. The second kappa shape index (κ2) is 5.25. The number of nitrogens with zero attached hydrogens (tertiary/aromatic N) is 1. The summed E-state index contributed by atoms with van der Waals surface area (Å²) in [5, 5.41) is 12.6. The summed E-state index contributed by atoms with van der Waals surface area (Å²) < 4.78 is 11.1. The van der Waals surface area contributed by atoms with Gasteiger partial charge in [-0.2, -0.15) is 0 Å². The Balaban J connectivity index is 1.93. The summed E-state index contributed by atoms with van der Waals surface area (Å²) in [6, 6.07) is 15.3. The fraction of sp³-hybridized carbons (Fsp3) is 0.188.